The summed E-state index contributed by atoms with van der Waals surface area (Å²) in [6.07, 6.45) is 0. The molecule has 17 heavy (non-hydrogen) atoms. The van der Waals surface area contributed by atoms with Crippen LogP contribution >= 0.6 is 23.4 Å². The number of rotatable bonds is 5. The lowest BCUT2D eigenvalue weighted by Crippen LogP contribution is -2.38. The molecule has 1 amide bonds. The van der Waals surface area contributed by atoms with E-state index in [0.717, 1.165) is 16.3 Å². The van der Waals surface area contributed by atoms with Gasteiger partial charge in [-0.2, -0.15) is 11.8 Å². The molecule has 3 nitrogen and oxygen atoms in total. The number of hydrogen-bond acceptors (Lipinski definition) is 3. The van der Waals surface area contributed by atoms with Crippen molar-refractivity contribution in [1.82, 2.24) is 5.43 Å². The molecule has 1 aromatic rings. The van der Waals surface area contributed by atoms with Crippen molar-refractivity contribution in [3.63, 3.8) is 0 Å². The van der Waals surface area contributed by atoms with Gasteiger partial charge in [0.25, 0.3) is 0 Å². The molecule has 94 valence electrons. The SMILES string of the molecule is CC(SCc1ccccc1Cl)C(C)C(=O)NN. The Labute approximate surface area is 111 Å². The number of hydrazine groups is 1. The van der Waals surface area contributed by atoms with Gasteiger partial charge < -0.3 is 0 Å². The fourth-order valence-corrected chi connectivity index (χ4v) is 2.71. The molecule has 0 fully saturated rings. The topological polar surface area (TPSA) is 55.1 Å². The summed E-state index contributed by atoms with van der Waals surface area (Å²) in [7, 11) is 0. The Balaban J connectivity index is 2.51. The van der Waals surface area contributed by atoms with Gasteiger partial charge in [-0.15, -0.1) is 0 Å². The highest BCUT2D eigenvalue weighted by atomic mass is 35.5. The summed E-state index contributed by atoms with van der Waals surface area (Å²) in [5.74, 6) is 5.65. The largest absolute Gasteiger partial charge is 0.294 e. The molecular formula is C12H17ClN2OS. The maximum atomic E-state index is 11.4. The lowest BCUT2D eigenvalue weighted by Gasteiger charge is -2.18. The van der Waals surface area contributed by atoms with Gasteiger partial charge in [0.15, 0.2) is 0 Å². The van der Waals surface area contributed by atoms with E-state index in [4.69, 9.17) is 17.4 Å². The van der Waals surface area contributed by atoms with Gasteiger partial charge in [-0.3, -0.25) is 10.2 Å². The Bertz CT molecular complexity index is 387. The Morgan fingerprint density at radius 2 is 2.12 bits per heavy atom. The highest BCUT2D eigenvalue weighted by molar-refractivity contribution is 7.99. The van der Waals surface area contributed by atoms with E-state index in [-0.39, 0.29) is 17.1 Å². The van der Waals surface area contributed by atoms with Gasteiger partial charge in [0.1, 0.15) is 0 Å². The number of hydrogen-bond donors (Lipinski definition) is 2. The molecule has 0 aliphatic heterocycles. The Morgan fingerprint density at radius 1 is 1.47 bits per heavy atom. The van der Waals surface area contributed by atoms with Crippen LogP contribution in [-0.2, 0) is 10.5 Å². The number of thioether (sulfide) groups is 1. The van der Waals surface area contributed by atoms with Crippen molar-refractivity contribution in [2.24, 2.45) is 11.8 Å². The van der Waals surface area contributed by atoms with Gasteiger partial charge in [0.05, 0.1) is 0 Å². The van der Waals surface area contributed by atoms with Crippen LogP contribution in [0.2, 0.25) is 5.02 Å². The van der Waals surface area contributed by atoms with Crippen molar-refractivity contribution in [3.05, 3.63) is 34.9 Å². The van der Waals surface area contributed by atoms with Crippen molar-refractivity contribution in [3.8, 4) is 0 Å². The van der Waals surface area contributed by atoms with Crippen LogP contribution in [0.5, 0.6) is 0 Å². The van der Waals surface area contributed by atoms with Crippen molar-refractivity contribution in [2.45, 2.75) is 24.9 Å². The highest BCUT2D eigenvalue weighted by Crippen LogP contribution is 2.26. The molecule has 0 bridgehead atoms. The standard InChI is InChI=1S/C12H17ClN2OS/c1-8(12(16)15-14)9(2)17-7-10-5-3-4-6-11(10)13/h3-6,8-9H,7,14H2,1-2H3,(H,15,16). The van der Waals surface area contributed by atoms with E-state index >= 15 is 0 Å². The van der Waals surface area contributed by atoms with Crippen LogP contribution in [0, 0.1) is 5.92 Å². The van der Waals surface area contributed by atoms with E-state index in [0.29, 0.717) is 0 Å². The summed E-state index contributed by atoms with van der Waals surface area (Å²) in [5.41, 5.74) is 3.27. The summed E-state index contributed by atoms with van der Waals surface area (Å²) in [6.45, 7) is 3.88. The number of carbonyl (C=O) groups is 1. The molecule has 1 rings (SSSR count). The zero-order chi connectivity index (χ0) is 12.8. The first kappa shape index (κ1) is 14.4. The first-order valence-corrected chi connectivity index (χ1v) is 6.84. The summed E-state index contributed by atoms with van der Waals surface area (Å²) >= 11 is 7.76. The summed E-state index contributed by atoms with van der Waals surface area (Å²) < 4.78 is 0. The molecule has 0 aliphatic rings. The number of halogens is 1. The molecule has 1 aromatic carbocycles. The third kappa shape index (κ3) is 4.22. The molecule has 0 spiro atoms. The third-order valence-electron chi connectivity index (χ3n) is 2.72. The summed E-state index contributed by atoms with van der Waals surface area (Å²) in [5, 5.41) is 0.956. The van der Waals surface area contributed by atoms with Gasteiger partial charge >= 0.3 is 0 Å². The molecule has 0 aromatic heterocycles. The molecule has 0 aliphatic carbocycles. The Kier molecular flexibility index (Phi) is 5.82. The normalized spacial score (nSPS) is 14.1. The molecular weight excluding hydrogens is 256 g/mol. The van der Waals surface area contributed by atoms with E-state index in [1.807, 2.05) is 38.1 Å². The fourth-order valence-electron chi connectivity index (χ4n) is 1.33. The van der Waals surface area contributed by atoms with Crippen molar-refractivity contribution in [1.29, 1.82) is 0 Å². The molecule has 0 saturated carbocycles. The second kappa shape index (κ2) is 6.89. The highest BCUT2D eigenvalue weighted by Gasteiger charge is 2.19. The lowest BCUT2D eigenvalue weighted by atomic mass is 10.1. The number of carbonyl (C=O) groups excluding carboxylic acids is 1. The van der Waals surface area contributed by atoms with Crippen molar-refractivity contribution >= 4 is 29.3 Å². The predicted octanol–water partition coefficient (Wildman–Crippen LogP) is 2.59. The van der Waals surface area contributed by atoms with Crippen LogP contribution in [-0.4, -0.2) is 11.2 Å². The van der Waals surface area contributed by atoms with E-state index in [2.05, 4.69) is 5.43 Å². The Morgan fingerprint density at radius 3 is 2.71 bits per heavy atom. The second-order valence-electron chi connectivity index (χ2n) is 3.90. The quantitative estimate of drug-likeness (QED) is 0.492. The molecule has 5 heteroatoms. The van der Waals surface area contributed by atoms with E-state index in [1.54, 1.807) is 11.8 Å². The smallest absolute Gasteiger partial charge is 0.237 e. The second-order valence-corrected chi connectivity index (χ2v) is 5.68. The molecule has 3 N–H and O–H groups in total. The summed E-state index contributed by atoms with van der Waals surface area (Å²) in [4.78, 5) is 11.4. The van der Waals surface area contributed by atoms with Crippen LogP contribution in [0.3, 0.4) is 0 Å². The van der Waals surface area contributed by atoms with Gasteiger partial charge in [0.2, 0.25) is 5.91 Å². The molecule has 0 saturated heterocycles. The lowest BCUT2D eigenvalue weighted by molar-refractivity contribution is -0.124. The number of nitrogens with one attached hydrogen (secondary N) is 1. The monoisotopic (exact) mass is 272 g/mol. The first-order valence-electron chi connectivity index (χ1n) is 5.41. The maximum absolute atomic E-state index is 11.4. The van der Waals surface area contributed by atoms with Crippen LogP contribution in [0.25, 0.3) is 0 Å². The van der Waals surface area contributed by atoms with Crippen molar-refractivity contribution in [2.75, 3.05) is 0 Å². The van der Waals surface area contributed by atoms with Gasteiger partial charge in [-0.1, -0.05) is 43.6 Å². The first-order chi connectivity index (χ1) is 8.06. The zero-order valence-electron chi connectivity index (χ0n) is 9.94. The van der Waals surface area contributed by atoms with Gasteiger partial charge in [0, 0.05) is 21.9 Å². The van der Waals surface area contributed by atoms with Gasteiger partial charge in [-0.25, -0.2) is 5.84 Å². The molecule has 0 heterocycles. The number of amides is 1. The minimum absolute atomic E-state index is 0.118. The Hall–Kier alpha value is -0.710. The third-order valence-corrected chi connectivity index (χ3v) is 4.50. The van der Waals surface area contributed by atoms with Crippen LogP contribution < -0.4 is 11.3 Å². The fraction of sp³-hybridized carbons (Fsp3) is 0.417. The molecule has 2 atom stereocenters. The summed E-state index contributed by atoms with van der Waals surface area (Å²) in [6, 6.07) is 7.74. The molecule has 2 unspecified atom stereocenters. The van der Waals surface area contributed by atoms with Crippen LogP contribution in [0.4, 0.5) is 0 Å². The maximum Gasteiger partial charge on any atom is 0.237 e. The van der Waals surface area contributed by atoms with E-state index < -0.39 is 0 Å². The van der Waals surface area contributed by atoms with Crippen LogP contribution in [0.15, 0.2) is 24.3 Å². The van der Waals surface area contributed by atoms with E-state index in [9.17, 15) is 4.79 Å². The number of benzene rings is 1. The molecule has 0 radical (unpaired) electrons. The van der Waals surface area contributed by atoms with E-state index in [1.165, 1.54) is 0 Å². The number of nitrogens with two attached hydrogens (primary N) is 1. The van der Waals surface area contributed by atoms with Crippen LogP contribution in [0.1, 0.15) is 19.4 Å². The minimum Gasteiger partial charge on any atom is -0.294 e. The van der Waals surface area contributed by atoms with Gasteiger partial charge in [-0.05, 0) is 11.6 Å². The zero-order valence-corrected chi connectivity index (χ0v) is 11.5. The predicted molar refractivity (Wildman–Crippen MR) is 73.7 cm³/mol. The minimum atomic E-state index is -0.135. The average molecular weight is 273 g/mol. The average Bonchev–Trinajstić information content (AvgIpc) is 2.35. The van der Waals surface area contributed by atoms with Crippen molar-refractivity contribution < 1.29 is 4.79 Å².